The van der Waals surface area contributed by atoms with Crippen LogP contribution in [0.2, 0.25) is 10.3 Å². The second kappa shape index (κ2) is 5.48. The molecule has 0 aliphatic rings. The Labute approximate surface area is 128 Å². The summed E-state index contributed by atoms with van der Waals surface area (Å²) in [5.74, 6) is 0.104. The van der Waals surface area contributed by atoms with E-state index in [1.165, 1.54) is 23.5 Å². The average molecular weight is 325 g/mol. The molecule has 0 aliphatic carbocycles. The minimum atomic E-state index is -0.364. The third-order valence-electron chi connectivity index (χ3n) is 2.68. The van der Waals surface area contributed by atoms with Crippen LogP contribution in [0.25, 0.3) is 21.8 Å². The summed E-state index contributed by atoms with van der Waals surface area (Å²) < 4.78 is 13.3. The molecule has 0 fully saturated rings. The minimum absolute atomic E-state index is 0.207. The van der Waals surface area contributed by atoms with Crippen LogP contribution in [0, 0.1) is 5.82 Å². The molecule has 6 heteroatoms. The van der Waals surface area contributed by atoms with Crippen LogP contribution in [-0.4, -0.2) is 9.97 Å². The second-order valence-corrected chi connectivity index (χ2v) is 5.66. The monoisotopic (exact) mass is 324 g/mol. The number of thiophene rings is 1. The van der Waals surface area contributed by atoms with E-state index in [2.05, 4.69) is 9.97 Å². The zero-order chi connectivity index (χ0) is 14.1. The van der Waals surface area contributed by atoms with E-state index in [0.717, 1.165) is 4.88 Å². The van der Waals surface area contributed by atoms with Crippen molar-refractivity contribution in [2.24, 2.45) is 0 Å². The zero-order valence-corrected chi connectivity index (χ0v) is 12.3. The van der Waals surface area contributed by atoms with Gasteiger partial charge in [-0.2, -0.15) is 0 Å². The Kier molecular flexibility index (Phi) is 3.70. The van der Waals surface area contributed by atoms with Gasteiger partial charge in [0.2, 0.25) is 0 Å². The Morgan fingerprint density at radius 2 is 1.75 bits per heavy atom. The highest BCUT2D eigenvalue weighted by Crippen LogP contribution is 2.35. The fourth-order valence-electron chi connectivity index (χ4n) is 1.81. The lowest BCUT2D eigenvalue weighted by atomic mass is 10.1. The van der Waals surface area contributed by atoms with Crippen molar-refractivity contribution in [3.8, 4) is 21.8 Å². The van der Waals surface area contributed by atoms with Gasteiger partial charge in [0.05, 0.1) is 10.4 Å². The molecule has 20 heavy (non-hydrogen) atoms. The third kappa shape index (κ3) is 2.54. The summed E-state index contributed by atoms with van der Waals surface area (Å²) >= 11 is 13.9. The van der Waals surface area contributed by atoms with Crippen LogP contribution in [0.3, 0.4) is 0 Å². The molecule has 100 valence electrons. The zero-order valence-electron chi connectivity index (χ0n) is 9.98. The number of hydrogen-bond donors (Lipinski definition) is 0. The Hall–Kier alpha value is -1.49. The lowest BCUT2D eigenvalue weighted by molar-refractivity contribution is 0.628. The van der Waals surface area contributed by atoms with E-state index >= 15 is 0 Å². The van der Waals surface area contributed by atoms with Gasteiger partial charge in [0.1, 0.15) is 16.1 Å². The van der Waals surface area contributed by atoms with Crippen molar-refractivity contribution in [2.45, 2.75) is 0 Å². The highest BCUT2D eigenvalue weighted by Gasteiger charge is 2.15. The molecule has 1 aromatic carbocycles. The molecule has 3 aromatic rings. The lowest BCUT2D eigenvalue weighted by Gasteiger charge is -2.07. The van der Waals surface area contributed by atoms with Gasteiger partial charge in [-0.15, -0.1) is 11.3 Å². The molecule has 2 aromatic heterocycles. The highest BCUT2D eigenvalue weighted by atomic mass is 35.5. The molecular weight excluding hydrogens is 318 g/mol. The number of halogens is 3. The summed E-state index contributed by atoms with van der Waals surface area (Å²) in [6, 6.07) is 9.78. The van der Waals surface area contributed by atoms with Gasteiger partial charge < -0.3 is 0 Å². The van der Waals surface area contributed by atoms with Crippen molar-refractivity contribution in [1.82, 2.24) is 9.97 Å². The molecule has 0 atom stereocenters. The number of rotatable bonds is 2. The smallest absolute Gasteiger partial charge is 0.172 e. The third-order valence-corrected chi connectivity index (χ3v) is 4.09. The average Bonchev–Trinajstić information content (AvgIpc) is 2.91. The van der Waals surface area contributed by atoms with Gasteiger partial charge in [0, 0.05) is 0 Å². The Balaban J connectivity index is 2.14. The maximum Gasteiger partial charge on any atom is 0.172 e. The van der Waals surface area contributed by atoms with E-state index in [9.17, 15) is 4.39 Å². The molecule has 0 aliphatic heterocycles. The van der Waals surface area contributed by atoms with E-state index in [1.807, 2.05) is 17.5 Å². The van der Waals surface area contributed by atoms with Gasteiger partial charge in [-0.3, -0.25) is 0 Å². The summed E-state index contributed by atoms with van der Waals surface area (Å²) in [7, 11) is 0. The van der Waals surface area contributed by atoms with E-state index in [4.69, 9.17) is 23.2 Å². The Bertz CT molecular complexity index is 737. The van der Waals surface area contributed by atoms with Crippen LogP contribution in [0.4, 0.5) is 4.39 Å². The number of benzene rings is 1. The van der Waals surface area contributed by atoms with Crippen molar-refractivity contribution in [2.75, 3.05) is 0 Å². The predicted octanol–water partition coefficient (Wildman–Crippen LogP) is 5.32. The fourth-order valence-corrected chi connectivity index (χ4v) is 3.07. The van der Waals surface area contributed by atoms with Crippen LogP contribution in [0.1, 0.15) is 0 Å². The maximum atomic E-state index is 13.3. The largest absolute Gasteiger partial charge is 0.215 e. The van der Waals surface area contributed by atoms with E-state index in [-0.39, 0.29) is 16.1 Å². The number of aromatic nitrogens is 2. The van der Waals surface area contributed by atoms with Crippen molar-refractivity contribution >= 4 is 34.5 Å². The van der Waals surface area contributed by atoms with Crippen molar-refractivity contribution < 1.29 is 4.39 Å². The number of nitrogens with zero attached hydrogens (tertiary/aromatic N) is 2. The van der Waals surface area contributed by atoms with E-state index in [1.54, 1.807) is 12.1 Å². The van der Waals surface area contributed by atoms with Crippen LogP contribution in [0.5, 0.6) is 0 Å². The molecule has 2 nitrogen and oxygen atoms in total. The molecule has 0 saturated heterocycles. The first-order valence-corrected chi connectivity index (χ1v) is 7.31. The molecule has 0 unspecified atom stereocenters. The standard InChI is InChI=1S/C14H7Cl2FN2S/c15-12-11(8-3-1-4-9(17)7-8)13(16)19-14(18-12)10-5-2-6-20-10/h1-7H. The van der Waals surface area contributed by atoms with Gasteiger partial charge in [0.15, 0.2) is 5.82 Å². The van der Waals surface area contributed by atoms with Gasteiger partial charge in [-0.05, 0) is 29.1 Å². The van der Waals surface area contributed by atoms with Crippen LogP contribution < -0.4 is 0 Å². The summed E-state index contributed by atoms with van der Waals surface area (Å²) in [4.78, 5) is 9.36. The predicted molar refractivity (Wildman–Crippen MR) is 80.8 cm³/mol. The number of hydrogen-bond acceptors (Lipinski definition) is 3. The summed E-state index contributed by atoms with van der Waals surface area (Å²) in [5, 5.41) is 2.33. The first kappa shape index (κ1) is 13.5. The molecule has 0 spiro atoms. The van der Waals surface area contributed by atoms with Crippen molar-refractivity contribution in [3.63, 3.8) is 0 Å². The molecule has 0 saturated carbocycles. The SMILES string of the molecule is Fc1cccc(-c2c(Cl)nc(-c3cccs3)nc2Cl)c1. The fraction of sp³-hybridized carbons (Fsp3) is 0. The molecule has 0 radical (unpaired) electrons. The molecule has 3 rings (SSSR count). The maximum absolute atomic E-state index is 13.3. The molecule has 0 amide bonds. The van der Waals surface area contributed by atoms with Crippen LogP contribution >= 0.6 is 34.5 Å². The topological polar surface area (TPSA) is 25.8 Å². The van der Waals surface area contributed by atoms with E-state index in [0.29, 0.717) is 17.0 Å². The summed E-state index contributed by atoms with van der Waals surface area (Å²) in [5.41, 5.74) is 0.992. The van der Waals surface area contributed by atoms with Gasteiger partial charge >= 0.3 is 0 Å². The van der Waals surface area contributed by atoms with Crippen LogP contribution in [-0.2, 0) is 0 Å². The van der Waals surface area contributed by atoms with E-state index < -0.39 is 0 Å². The molecule has 0 bridgehead atoms. The van der Waals surface area contributed by atoms with Crippen LogP contribution in [0.15, 0.2) is 41.8 Å². The lowest BCUT2D eigenvalue weighted by Crippen LogP contribution is -1.93. The minimum Gasteiger partial charge on any atom is -0.215 e. The van der Waals surface area contributed by atoms with Gasteiger partial charge in [-0.25, -0.2) is 14.4 Å². The highest BCUT2D eigenvalue weighted by molar-refractivity contribution is 7.13. The molecular formula is C14H7Cl2FN2S. The Morgan fingerprint density at radius 1 is 1.00 bits per heavy atom. The summed E-state index contributed by atoms with van der Waals surface area (Å²) in [6.45, 7) is 0. The van der Waals surface area contributed by atoms with Gasteiger partial charge in [0.25, 0.3) is 0 Å². The quantitative estimate of drug-likeness (QED) is 0.596. The second-order valence-electron chi connectivity index (χ2n) is 3.99. The van der Waals surface area contributed by atoms with Gasteiger partial charge in [-0.1, -0.05) is 41.4 Å². The Morgan fingerprint density at radius 3 is 2.35 bits per heavy atom. The summed E-state index contributed by atoms with van der Waals surface area (Å²) in [6.07, 6.45) is 0. The first-order valence-electron chi connectivity index (χ1n) is 5.68. The normalized spacial score (nSPS) is 10.8. The molecule has 0 N–H and O–H groups in total. The first-order chi connectivity index (χ1) is 9.65. The van der Waals surface area contributed by atoms with Crippen molar-refractivity contribution in [3.05, 3.63) is 57.9 Å². The molecule has 2 heterocycles. The van der Waals surface area contributed by atoms with Crippen molar-refractivity contribution in [1.29, 1.82) is 0 Å².